The van der Waals surface area contributed by atoms with Gasteiger partial charge in [0, 0.05) is 17.6 Å². The quantitative estimate of drug-likeness (QED) is 0.186. The number of unbranched alkanes of at least 4 members (excludes halogenated alkanes) is 3. The van der Waals surface area contributed by atoms with Crippen LogP contribution in [0, 0.1) is 0 Å². The Hall–Kier alpha value is -2.58. The fourth-order valence-electron chi connectivity index (χ4n) is 3.54. The molecule has 3 rings (SSSR count). The van der Waals surface area contributed by atoms with E-state index in [-0.39, 0.29) is 12.6 Å². The Balaban J connectivity index is 0.000000604. The number of rotatable bonds is 11. The van der Waals surface area contributed by atoms with Crippen molar-refractivity contribution in [3.05, 3.63) is 48.2 Å². The van der Waals surface area contributed by atoms with Crippen LogP contribution in [-0.2, 0) is 19.0 Å². The highest BCUT2D eigenvalue weighted by Gasteiger charge is 2.20. The minimum absolute atomic E-state index is 0.0592. The third kappa shape index (κ3) is 7.74. The van der Waals surface area contributed by atoms with Crippen molar-refractivity contribution in [1.29, 1.82) is 0 Å². The molecule has 0 saturated carbocycles. The van der Waals surface area contributed by atoms with Crippen LogP contribution >= 0.6 is 0 Å². The van der Waals surface area contributed by atoms with Crippen LogP contribution in [0.5, 0.6) is 5.75 Å². The van der Waals surface area contributed by atoms with E-state index < -0.39 is 16.2 Å². The molecule has 0 spiro atoms. The number of hydrogen-bond donors (Lipinski definition) is 0. The summed E-state index contributed by atoms with van der Waals surface area (Å²) in [5.74, 6) is 0.193. The van der Waals surface area contributed by atoms with Gasteiger partial charge in [-0.25, -0.2) is 4.79 Å². The van der Waals surface area contributed by atoms with Gasteiger partial charge in [0.25, 0.3) is 10.1 Å². The third-order valence-corrected chi connectivity index (χ3v) is 5.84. The Labute approximate surface area is 203 Å². The highest BCUT2D eigenvalue weighted by Crippen LogP contribution is 2.31. The van der Waals surface area contributed by atoms with Crippen LogP contribution in [-0.4, -0.2) is 44.4 Å². The Morgan fingerprint density at radius 2 is 1.71 bits per heavy atom. The second kappa shape index (κ2) is 13.3. The normalized spacial score (nSPS) is 12.3. The first kappa shape index (κ1) is 27.7. The predicted molar refractivity (Wildman–Crippen MR) is 136 cm³/mol. The van der Waals surface area contributed by atoms with Crippen LogP contribution in [0.1, 0.15) is 70.2 Å². The molecule has 3 aromatic rings. The second-order valence-corrected chi connectivity index (χ2v) is 9.72. The Bertz CT molecular complexity index is 1160. The molecule has 0 aliphatic carbocycles. The van der Waals surface area contributed by atoms with Crippen molar-refractivity contribution >= 4 is 32.5 Å². The van der Waals surface area contributed by atoms with E-state index in [0.717, 1.165) is 22.7 Å². The lowest BCUT2D eigenvalue weighted by Crippen LogP contribution is -2.24. The Kier molecular flexibility index (Phi) is 10.9. The second-order valence-electron chi connectivity index (χ2n) is 8.07. The van der Waals surface area contributed by atoms with Crippen molar-refractivity contribution < 1.29 is 26.9 Å². The highest BCUT2D eigenvalue weighted by atomic mass is 32.2. The molecular weight excluding hydrogens is 454 g/mol. The fourth-order valence-corrected chi connectivity index (χ4v) is 3.93. The van der Waals surface area contributed by atoms with Crippen LogP contribution < -0.4 is 4.74 Å². The average molecular weight is 492 g/mol. The first-order valence-corrected chi connectivity index (χ1v) is 13.8. The van der Waals surface area contributed by atoms with E-state index in [4.69, 9.17) is 13.7 Å². The largest absolute Gasteiger partial charge is 0.488 e. The molecule has 188 valence electrons. The lowest BCUT2D eigenvalue weighted by atomic mass is 10.1. The number of carbonyl (C=O) groups excluding carboxylic acids is 1. The summed E-state index contributed by atoms with van der Waals surface area (Å²) in [4.78, 5) is 12.5. The van der Waals surface area contributed by atoms with Crippen LogP contribution in [0.25, 0.3) is 16.4 Å². The van der Waals surface area contributed by atoms with E-state index in [2.05, 4.69) is 13.8 Å². The zero-order valence-electron chi connectivity index (χ0n) is 20.9. The number of esters is 1. The van der Waals surface area contributed by atoms with E-state index in [1.54, 1.807) is 13.0 Å². The van der Waals surface area contributed by atoms with Crippen molar-refractivity contribution in [3.8, 4) is 5.75 Å². The molecule has 2 aromatic heterocycles. The summed E-state index contributed by atoms with van der Waals surface area (Å²) < 4.78 is 40.3. The zero-order valence-corrected chi connectivity index (χ0v) is 21.7. The van der Waals surface area contributed by atoms with Crippen molar-refractivity contribution in [3.63, 3.8) is 0 Å². The molecule has 0 saturated heterocycles. The first-order chi connectivity index (χ1) is 16.3. The van der Waals surface area contributed by atoms with Crippen molar-refractivity contribution in [2.75, 3.05) is 19.5 Å². The molecule has 0 bridgehead atoms. The molecule has 0 radical (unpaired) electrons. The van der Waals surface area contributed by atoms with Gasteiger partial charge in [0.15, 0.2) is 0 Å². The number of hydrogen-bond acceptors (Lipinski definition) is 6. The first-order valence-electron chi connectivity index (χ1n) is 12.0. The topological polar surface area (TPSA) is 83.3 Å². The Morgan fingerprint density at radius 3 is 2.29 bits per heavy atom. The van der Waals surface area contributed by atoms with E-state index in [1.165, 1.54) is 25.7 Å². The van der Waals surface area contributed by atoms with Gasteiger partial charge in [-0.15, -0.1) is 0 Å². The van der Waals surface area contributed by atoms with Gasteiger partial charge in [0.2, 0.25) is 0 Å². The van der Waals surface area contributed by atoms with Crippen molar-refractivity contribution in [1.82, 2.24) is 4.40 Å². The average Bonchev–Trinajstić information content (AvgIpc) is 3.14. The lowest BCUT2D eigenvalue weighted by molar-refractivity contribution is 0.0531. The molecular formula is C26H37NO6S. The summed E-state index contributed by atoms with van der Waals surface area (Å²) in [6, 6.07) is 11.0. The monoisotopic (exact) mass is 491 g/mol. The van der Waals surface area contributed by atoms with Gasteiger partial charge in [0.1, 0.15) is 18.5 Å². The smallest absolute Gasteiger partial charge is 0.340 e. The number of carbonyl (C=O) groups is 1. The number of nitrogens with zero attached hydrogens (tertiary/aromatic N) is 1. The summed E-state index contributed by atoms with van der Waals surface area (Å²) in [7, 11) is -3.53. The molecule has 0 fully saturated rings. The van der Waals surface area contributed by atoms with Crippen LogP contribution in [0.3, 0.4) is 0 Å². The van der Waals surface area contributed by atoms with Crippen LogP contribution in [0.2, 0.25) is 0 Å². The molecule has 1 unspecified atom stereocenters. The molecule has 2 heterocycles. The molecule has 0 amide bonds. The highest BCUT2D eigenvalue weighted by molar-refractivity contribution is 7.85. The lowest BCUT2D eigenvalue weighted by Gasteiger charge is -2.17. The van der Waals surface area contributed by atoms with E-state index in [9.17, 15) is 13.2 Å². The number of fused-ring (bicyclic) bond motifs is 3. The van der Waals surface area contributed by atoms with Crippen LogP contribution in [0.4, 0.5) is 0 Å². The summed E-state index contributed by atoms with van der Waals surface area (Å²) in [5.41, 5.74) is 2.06. The van der Waals surface area contributed by atoms with Crippen molar-refractivity contribution in [2.45, 2.75) is 65.9 Å². The van der Waals surface area contributed by atoms with Gasteiger partial charge in [0.05, 0.1) is 29.5 Å². The Morgan fingerprint density at radius 1 is 1.00 bits per heavy atom. The van der Waals surface area contributed by atoms with Crippen LogP contribution in [0.15, 0.2) is 42.6 Å². The third-order valence-electron chi connectivity index (χ3n) is 5.28. The molecule has 8 heteroatoms. The fraction of sp³-hybridized carbons (Fsp3) is 0.500. The van der Waals surface area contributed by atoms with Gasteiger partial charge in [-0.2, -0.15) is 8.42 Å². The number of benzene rings is 1. The molecule has 0 aliphatic heterocycles. The minimum atomic E-state index is -3.53. The van der Waals surface area contributed by atoms with E-state index >= 15 is 0 Å². The summed E-state index contributed by atoms with van der Waals surface area (Å²) in [6.07, 6.45) is 8.58. The maximum absolute atomic E-state index is 12.5. The van der Waals surface area contributed by atoms with E-state index in [1.807, 2.05) is 47.9 Å². The molecule has 1 aromatic carbocycles. The van der Waals surface area contributed by atoms with E-state index in [0.29, 0.717) is 24.3 Å². The van der Waals surface area contributed by atoms with Gasteiger partial charge in [-0.1, -0.05) is 52.5 Å². The predicted octanol–water partition coefficient (Wildman–Crippen LogP) is 5.99. The summed E-state index contributed by atoms with van der Waals surface area (Å²) >= 11 is 0. The number of pyridine rings is 1. The standard InChI is InChI=1S/C20H23NO6S.C6H14/c1-4-14(13-26-28(3,23)24)27-15-9-10-16-18(12-15)21-11-7-6-8-17(21)19(16)20(22)25-5-2;1-3-5-6-4-2/h6-12,14H,4-5,13H2,1-3H3;3-6H2,1-2H3. The van der Waals surface area contributed by atoms with Gasteiger partial charge in [-0.05, 0) is 37.6 Å². The summed E-state index contributed by atoms with van der Waals surface area (Å²) in [6.45, 7) is 8.36. The molecule has 7 nitrogen and oxygen atoms in total. The molecule has 0 N–H and O–H groups in total. The summed E-state index contributed by atoms with van der Waals surface area (Å²) in [5, 5.41) is 0.762. The minimum Gasteiger partial charge on any atom is -0.488 e. The zero-order chi connectivity index (χ0) is 25.1. The SMILES string of the molecule is CCCCCC.CCOC(=O)c1c2ccc(OC(CC)COS(C)(=O)=O)cc2n2ccccc12. The van der Waals surface area contributed by atoms with Gasteiger partial charge in [-0.3, -0.25) is 4.18 Å². The number of aromatic nitrogens is 1. The molecule has 0 aliphatic rings. The molecule has 34 heavy (non-hydrogen) atoms. The maximum Gasteiger partial charge on any atom is 0.340 e. The molecule has 1 atom stereocenters. The van der Waals surface area contributed by atoms with Gasteiger partial charge >= 0.3 is 5.97 Å². The number of ether oxygens (including phenoxy) is 2. The van der Waals surface area contributed by atoms with Crippen molar-refractivity contribution in [2.24, 2.45) is 0 Å². The van der Waals surface area contributed by atoms with Gasteiger partial charge < -0.3 is 13.9 Å². The maximum atomic E-state index is 12.5.